The van der Waals surface area contributed by atoms with Crippen LogP contribution in [0.15, 0.2) is 36.4 Å². The van der Waals surface area contributed by atoms with Gasteiger partial charge in [-0.2, -0.15) is 0 Å². The molecule has 1 N–H and O–H groups in total. The molecule has 0 aliphatic rings. The van der Waals surface area contributed by atoms with Crippen molar-refractivity contribution in [3.8, 4) is 0 Å². The predicted octanol–water partition coefficient (Wildman–Crippen LogP) is 4.88. The van der Waals surface area contributed by atoms with Crippen molar-refractivity contribution in [2.75, 3.05) is 5.32 Å². The van der Waals surface area contributed by atoms with Gasteiger partial charge < -0.3 is 5.32 Å². The highest BCUT2D eigenvalue weighted by Crippen LogP contribution is 2.20. The molecule has 18 heavy (non-hydrogen) atoms. The minimum Gasteiger partial charge on any atom is -0.381 e. The molecule has 0 heterocycles. The molecule has 5 heteroatoms. The Labute approximate surface area is 113 Å². The van der Waals surface area contributed by atoms with E-state index in [1.54, 1.807) is 18.2 Å². The smallest absolute Gasteiger partial charge is 0.160 e. The Morgan fingerprint density at radius 3 is 2.17 bits per heavy atom. The van der Waals surface area contributed by atoms with E-state index < -0.39 is 11.6 Å². The number of hydrogen-bond donors (Lipinski definition) is 1. The summed E-state index contributed by atoms with van der Waals surface area (Å²) >= 11 is 11.7. The fourth-order valence-corrected chi connectivity index (χ4v) is 2.09. The average Bonchev–Trinajstić information content (AvgIpc) is 2.29. The van der Waals surface area contributed by atoms with Crippen molar-refractivity contribution >= 4 is 28.9 Å². The zero-order valence-corrected chi connectivity index (χ0v) is 10.7. The number of benzene rings is 2. The summed E-state index contributed by atoms with van der Waals surface area (Å²) in [6.07, 6.45) is 0. The van der Waals surface area contributed by atoms with Crippen LogP contribution in [0.25, 0.3) is 0 Å². The lowest BCUT2D eigenvalue weighted by Crippen LogP contribution is -2.00. The first kappa shape index (κ1) is 13.1. The van der Waals surface area contributed by atoms with Crippen molar-refractivity contribution in [1.29, 1.82) is 0 Å². The van der Waals surface area contributed by atoms with E-state index >= 15 is 0 Å². The summed E-state index contributed by atoms with van der Waals surface area (Å²) in [4.78, 5) is 0. The van der Waals surface area contributed by atoms with Gasteiger partial charge in [-0.1, -0.05) is 23.2 Å². The van der Waals surface area contributed by atoms with Crippen molar-refractivity contribution in [1.82, 2.24) is 0 Å². The van der Waals surface area contributed by atoms with Gasteiger partial charge in [0.25, 0.3) is 0 Å². The molecule has 0 radical (unpaired) electrons. The molecule has 0 saturated heterocycles. The van der Waals surface area contributed by atoms with Gasteiger partial charge in [0.15, 0.2) is 11.6 Å². The largest absolute Gasteiger partial charge is 0.381 e. The van der Waals surface area contributed by atoms with Crippen LogP contribution in [0.5, 0.6) is 0 Å². The van der Waals surface area contributed by atoms with Crippen molar-refractivity contribution in [3.63, 3.8) is 0 Å². The Hall–Kier alpha value is -1.32. The number of halogens is 4. The first-order chi connectivity index (χ1) is 8.54. The lowest BCUT2D eigenvalue weighted by Gasteiger charge is -2.07. The van der Waals surface area contributed by atoms with E-state index in [0.29, 0.717) is 22.3 Å². The molecule has 2 aromatic carbocycles. The highest BCUT2D eigenvalue weighted by atomic mass is 35.5. The average molecular weight is 288 g/mol. The van der Waals surface area contributed by atoms with Crippen LogP contribution in [-0.4, -0.2) is 0 Å². The van der Waals surface area contributed by atoms with Gasteiger partial charge in [0.2, 0.25) is 0 Å². The van der Waals surface area contributed by atoms with Crippen molar-refractivity contribution in [2.24, 2.45) is 0 Å². The fourth-order valence-electron chi connectivity index (χ4n) is 1.52. The standard InChI is InChI=1S/C13H9Cl2F2N/c14-9-3-8(4-10(15)5-9)7-18-11-1-2-12(16)13(17)6-11/h1-6,18H,7H2. The van der Waals surface area contributed by atoms with Crippen molar-refractivity contribution < 1.29 is 8.78 Å². The monoisotopic (exact) mass is 287 g/mol. The molecule has 0 atom stereocenters. The Balaban J connectivity index is 2.08. The van der Waals surface area contributed by atoms with E-state index in [1.807, 2.05) is 0 Å². The summed E-state index contributed by atoms with van der Waals surface area (Å²) in [5.74, 6) is -1.75. The Morgan fingerprint density at radius 2 is 1.56 bits per heavy atom. The molecular weight excluding hydrogens is 279 g/mol. The molecule has 2 rings (SSSR count). The molecule has 0 saturated carbocycles. The predicted molar refractivity (Wildman–Crippen MR) is 70.1 cm³/mol. The number of rotatable bonds is 3. The molecule has 0 amide bonds. The van der Waals surface area contributed by atoms with E-state index in [1.165, 1.54) is 6.07 Å². The molecule has 0 fully saturated rings. The van der Waals surface area contributed by atoms with Gasteiger partial charge in [0.1, 0.15) is 0 Å². The van der Waals surface area contributed by atoms with Gasteiger partial charge in [-0.25, -0.2) is 8.78 Å². The number of anilines is 1. The Bertz CT molecular complexity index is 553. The van der Waals surface area contributed by atoms with Crippen LogP contribution in [0, 0.1) is 11.6 Å². The van der Waals surface area contributed by atoms with Crippen LogP contribution in [0.2, 0.25) is 10.0 Å². The van der Waals surface area contributed by atoms with E-state index in [0.717, 1.165) is 17.7 Å². The minimum absolute atomic E-state index is 0.422. The van der Waals surface area contributed by atoms with Gasteiger partial charge in [0, 0.05) is 28.3 Å². The third-order valence-electron chi connectivity index (χ3n) is 2.34. The summed E-state index contributed by atoms with van der Waals surface area (Å²) < 4.78 is 25.7. The highest BCUT2D eigenvalue weighted by molar-refractivity contribution is 6.34. The van der Waals surface area contributed by atoms with Crippen LogP contribution in [0.4, 0.5) is 14.5 Å². The molecular formula is C13H9Cl2F2N. The van der Waals surface area contributed by atoms with Crippen molar-refractivity contribution in [3.05, 3.63) is 63.6 Å². The van der Waals surface area contributed by atoms with E-state index in [9.17, 15) is 8.78 Å². The first-order valence-electron chi connectivity index (χ1n) is 5.18. The minimum atomic E-state index is -0.885. The summed E-state index contributed by atoms with van der Waals surface area (Å²) in [5, 5.41) is 4.02. The topological polar surface area (TPSA) is 12.0 Å². The second kappa shape index (κ2) is 5.55. The van der Waals surface area contributed by atoms with Gasteiger partial charge in [-0.3, -0.25) is 0 Å². The van der Waals surface area contributed by atoms with E-state index in [2.05, 4.69) is 5.32 Å². The third-order valence-corrected chi connectivity index (χ3v) is 2.78. The van der Waals surface area contributed by atoms with E-state index in [-0.39, 0.29) is 0 Å². The van der Waals surface area contributed by atoms with Gasteiger partial charge in [-0.05, 0) is 35.9 Å². The summed E-state index contributed by atoms with van der Waals surface area (Å²) in [5.41, 5.74) is 1.35. The van der Waals surface area contributed by atoms with Crippen LogP contribution in [-0.2, 0) is 6.54 Å². The lowest BCUT2D eigenvalue weighted by atomic mass is 10.2. The third kappa shape index (κ3) is 3.34. The first-order valence-corrected chi connectivity index (χ1v) is 5.94. The maximum atomic E-state index is 13.0. The summed E-state index contributed by atoms with van der Waals surface area (Å²) in [7, 11) is 0. The van der Waals surface area contributed by atoms with Crippen LogP contribution >= 0.6 is 23.2 Å². The van der Waals surface area contributed by atoms with Crippen LogP contribution in [0.3, 0.4) is 0 Å². The van der Waals surface area contributed by atoms with Gasteiger partial charge in [0.05, 0.1) is 0 Å². The SMILES string of the molecule is Fc1ccc(NCc2cc(Cl)cc(Cl)c2)cc1F. The zero-order chi connectivity index (χ0) is 13.1. The van der Waals surface area contributed by atoms with Gasteiger partial charge >= 0.3 is 0 Å². The molecule has 1 nitrogen and oxygen atoms in total. The maximum absolute atomic E-state index is 13.0. The van der Waals surface area contributed by atoms with Crippen LogP contribution in [0.1, 0.15) is 5.56 Å². The van der Waals surface area contributed by atoms with Crippen LogP contribution < -0.4 is 5.32 Å². The molecule has 0 aliphatic carbocycles. The molecule has 0 spiro atoms. The lowest BCUT2D eigenvalue weighted by molar-refractivity contribution is 0.509. The zero-order valence-electron chi connectivity index (χ0n) is 9.18. The molecule has 0 aliphatic heterocycles. The van der Waals surface area contributed by atoms with Crippen molar-refractivity contribution in [2.45, 2.75) is 6.54 Å². The quantitative estimate of drug-likeness (QED) is 0.848. The molecule has 94 valence electrons. The highest BCUT2D eigenvalue weighted by Gasteiger charge is 2.03. The Kier molecular flexibility index (Phi) is 4.04. The second-order valence-electron chi connectivity index (χ2n) is 3.76. The second-order valence-corrected chi connectivity index (χ2v) is 4.63. The summed E-state index contributed by atoms with van der Waals surface area (Å²) in [6, 6.07) is 8.76. The maximum Gasteiger partial charge on any atom is 0.160 e. The van der Waals surface area contributed by atoms with E-state index in [4.69, 9.17) is 23.2 Å². The molecule has 0 bridgehead atoms. The number of nitrogens with one attached hydrogen (secondary N) is 1. The normalized spacial score (nSPS) is 10.4. The Morgan fingerprint density at radius 1 is 0.889 bits per heavy atom. The molecule has 0 unspecified atom stereocenters. The number of hydrogen-bond acceptors (Lipinski definition) is 1. The molecule has 2 aromatic rings. The summed E-state index contributed by atoms with van der Waals surface area (Å²) in [6.45, 7) is 0.422. The fraction of sp³-hybridized carbons (Fsp3) is 0.0769. The molecule has 0 aromatic heterocycles. The van der Waals surface area contributed by atoms with Gasteiger partial charge in [-0.15, -0.1) is 0 Å².